The highest BCUT2D eigenvalue weighted by atomic mass is 16.6. The monoisotopic (exact) mass is 393 g/mol. The number of aromatic nitrogens is 2. The van der Waals surface area contributed by atoms with Gasteiger partial charge in [0.25, 0.3) is 5.69 Å². The normalized spacial score (nSPS) is 13.0. The van der Waals surface area contributed by atoms with Crippen LogP contribution >= 0.6 is 0 Å². The van der Waals surface area contributed by atoms with E-state index in [0.29, 0.717) is 5.56 Å². The van der Waals surface area contributed by atoms with Gasteiger partial charge in [0.2, 0.25) is 5.91 Å². The minimum atomic E-state index is -1.28. The first-order valence-electron chi connectivity index (χ1n) is 8.24. The molecule has 2 unspecified atom stereocenters. The van der Waals surface area contributed by atoms with Gasteiger partial charge in [-0.2, -0.15) is 5.10 Å². The van der Waals surface area contributed by atoms with Crippen molar-refractivity contribution in [1.82, 2.24) is 15.1 Å². The lowest BCUT2D eigenvalue weighted by molar-refractivity contribution is -0.385. The van der Waals surface area contributed by atoms with E-state index in [4.69, 9.17) is 0 Å². The molecule has 2 aromatic rings. The number of nitrogens with one attached hydrogen (secondary N) is 1. The van der Waals surface area contributed by atoms with E-state index in [9.17, 15) is 35.2 Å². The minimum absolute atomic E-state index is 0.0757. The summed E-state index contributed by atoms with van der Waals surface area (Å²) in [6, 6.07) is 4.07. The fraction of sp³-hybridized carbons (Fsp3) is 0.375. The molecule has 0 bridgehead atoms. The van der Waals surface area contributed by atoms with E-state index in [2.05, 4.69) is 10.4 Å². The van der Waals surface area contributed by atoms with Gasteiger partial charge in [-0.15, -0.1) is 0 Å². The lowest BCUT2D eigenvalue weighted by Crippen LogP contribution is -2.42. The number of nitrogens with zero attached hydrogens (tertiary/aromatic N) is 4. The summed E-state index contributed by atoms with van der Waals surface area (Å²) >= 11 is 0. The fourth-order valence-corrected chi connectivity index (χ4v) is 2.55. The number of aliphatic hydroxyl groups excluding tert-OH is 2. The third-order valence-electron chi connectivity index (χ3n) is 4.05. The summed E-state index contributed by atoms with van der Waals surface area (Å²) in [5, 5.41) is 47.7. The van der Waals surface area contributed by atoms with Crippen molar-refractivity contribution in [2.75, 3.05) is 6.61 Å². The molecule has 28 heavy (non-hydrogen) atoms. The van der Waals surface area contributed by atoms with E-state index < -0.39 is 34.5 Å². The molecule has 0 fully saturated rings. The number of hydrogen-bond donors (Lipinski definition) is 3. The highest BCUT2D eigenvalue weighted by Crippen LogP contribution is 2.20. The molecule has 1 heterocycles. The Hall–Kier alpha value is -3.38. The van der Waals surface area contributed by atoms with E-state index in [-0.39, 0.29) is 30.0 Å². The quantitative estimate of drug-likeness (QED) is 0.410. The highest BCUT2D eigenvalue weighted by Gasteiger charge is 2.23. The molecule has 0 spiro atoms. The molecule has 1 aromatic heterocycles. The lowest BCUT2D eigenvalue weighted by atomic mass is 10.0. The van der Waals surface area contributed by atoms with Crippen molar-refractivity contribution in [2.45, 2.75) is 32.0 Å². The molecule has 0 aliphatic rings. The summed E-state index contributed by atoms with van der Waals surface area (Å²) in [5.74, 6) is -0.504. The average molecular weight is 393 g/mol. The van der Waals surface area contributed by atoms with E-state index >= 15 is 0 Å². The van der Waals surface area contributed by atoms with Crippen LogP contribution in [0.3, 0.4) is 0 Å². The van der Waals surface area contributed by atoms with Gasteiger partial charge in [0.1, 0.15) is 18.0 Å². The zero-order valence-corrected chi connectivity index (χ0v) is 14.9. The highest BCUT2D eigenvalue weighted by molar-refractivity contribution is 5.76. The summed E-state index contributed by atoms with van der Waals surface area (Å²) in [6.07, 6.45) is -0.137. The van der Waals surface area contributed by atoms with E-state index in [1.54, 1.807) is 0 Å². The second-order valence-electron chi connectivity index (χ2n) is 6.02. The van der Waals surface area contributed by atoms with E-state index in [0.717, 1.165) is 0 Å². The standard InChI is InChI=1S/C16H19N5O7/c1-10-14(21(27)28)8-19(18-10)7-6-15(23)17-13(9-22)16(24)11-2-4-12(5-3-11)20(25)26/h2-5,8,13,16,22,24H,6-7,9H2,1H3,(H,17,23). The maximum Gasteiger partial charge on any atom is 0.309 e. The molecular weight excluding hydrogens is 374 g/mol. The molecule has 2 atom stereocenters. The molecule has 150 valence electrons. The average Bonchev–Trinajstić information content (AvgIpc) is 3.05. The van der Waals surface area contributed by atoms with Gasteiger partial charge < -0.3 is 15.5 Å². The molecule has 0 radical (unpaired) electrons. The summed E-state index contributed by atoms with van der Waals surface area (Å²) in [6.45, 7) is 1.000. The third kappa shape index (κ3) is 5.08. The summed E-state index contributed by atoms with van der Waals surface area (Å²) < 4.78 is 1.27. The molecule has 12 heteroatoms. The number of nitro benzene ring substituents is 1. The molecule has 0 saturated heterocycles. The summed E-state index contributed by atoms with van der Waals surface area (Å²) in [7, 11) is 0. The second kappa shape index (κ2) is 9.01. The lowest BCUT2D eigenvalue weighted by Gasteiger charge is -2.22. The van der Waals surface area contributed by atoms with Crippen molar-refractivity contribution in [3.05, 3.63) is 61.9 Å². The van der Waals surface area contributed by atoms with Crippen LogP contribution in [-0.4, -0.2) is 48.4 Å². The third-order valence-corrected chi connectivity index (χ3v) is 4.05. The number of carbonyl (C=O) groups is 1. The second-order valence-corrected chi connectivity index (χ2v) is 6.02. The minimum Gasteiger partial charge on any atom is -0.394 e. The van der Waals surface area contributed by atoms with Crippen molar-refractivity contribution >= 4 is 17.3 Å². The van der Waals surface area contributed by atoms with Crippen LogP contribution in [0.1, 0.15) is 23.8 Å². The Morgan fingerprint density at radius 2 is 1.89 bits per heavy atom. The van der Waals surface area contributed by atoms with Gasteiger partial charge >= 0.3 is 5.69 Å². The number of rotatable bonds is 9. The molecule has 12 nitrogen and oxygen atoms in total. The van der Waals surface area contributed by atoms with Crippen LogP contribution in [0.4, 0.5) is 11.4 Å². The molecule has 1 amide bonds. The molecule has 0 saturated carbocycles. The maximum absolute atomic E-state index is 12.1. The van der Waals surface area contributed by atoms with Crippen molar-refractivity contribution in [2.24, 2.45) is 0 Å². The number of aryl methyl sites for hydroxylation is 2. The molecule has 1 aromatic carbocycles. The van der Waals surface area contributed by atoms with Crippen LogP contribution in [-0.2, 0) is 11.3 Å². The van der Waals surface area contributed by atoms with Crippen molar-refractivity contribution in [3.8, 4) is 0 Å². The Labute approximate surface area is 158 Å². The first kappa shape index (κ1) is 20.9. The van der Waals surface area contributed by atoms with Gasteiger partial charge in [-0.05, 0) is 24.6 Å². The summed E-state index contributed by atoms with van der Waals surface area (Å²) in [5.41, 5.74) is 0.224. The van der Waals surface area contributed by atoms with Crippen LogP contribution in [0, 0.1) is 27.2 Å². The number of hydrogen-bond acceptors (Lipinski definition) is 8. The summed E-state index contributed by atoms with van der Waals surface area (Å²) in [4.78, 5) is 32.4. The first-order valence-corrected chi connectivity index (χ1v) is 8.24. The zero-order valence-electron chi connectivity index (χ0n) is 14.9. The Balaban J connectivity index is 1.95. The Morgan fingerprint density at radius 1 is 1.25 bits per heavy atom. The Bertz CT molecular complexity index is 865. The SMILES string of the molecule is Cc1nn(CCC(=O)NC(CO)C(O)c2ccc([N+](=O)[O-])cc2)cc1[N+](=O)[O-]. The zero-order chi connectivity index (χ0) is 20.8. The first-order chi connectivity index (χ1) is 13.2. The number of aliphatic hydroxyl groups is 2. The number of non-ortho nitro benzene ring substituents is 1. The predicted molar refractivity (Wildman–Crippen MR) is 95.3 cm³/mol. The van der Waals surface area contributed by atoms with Crippen LogP contribution in [0.5, 0.6) is 0 Å². The van der Waals surface area contributed by atoms with Gasteiger partial charge in [-0.25, -0.2) is 0 Å². The van der Waals surface area contributed by atoms with E-state index in [1.807, 2.05) is 0 Å². The van der Waals surface area contributed by atoms with Crippen molar-refractivity contribution in [1.29, 1.82) is 0 Å². The number of amides is 1. The van der Waals surface area contributed by atoms with Crippen LogP contribution in [0.2, 0.25) is 0 Å². The fourth-order valence-electron chi connectivity index (χ4n) is 2.55. The molecule has 0 aliphatic heterocycles. The Kier molecular flexibility index (Phi) is 6.74. The topological polar surface area (TPSA) is 174 Å². The van der Waals surface area contributed by atoms with Crippen LogP contribution in [0.25, 0.3) is 0 Å². The number of carbonyl (C=O) groups excluding carboxylic acids is 1. The number of benzene rings is 1. The smallest absolute Gasteiger partial charge is 0.309 e. The van der Waals surface area contributed by atoms with E-state index in [1.165, 1.54) is 42.1 Å². The van der Waals surface area contributed by atoms with Crippen molar-refractivity contribution < 1.29 is 24.9 Å². The molecule has 3 N–H and O–H groups in total. The molecule has 0 aliphatic carbocycles. The van der Waals surface area contributed by atoms with Crippen molar-refractivity contribution in [3.63, 3.8) is 0 Å². The maximum atomic E-state index is 12.1. The van der Waals surface area contributed by atoms with Gasteiger partial charge in [0, 0.05) is 25.1 Å². The Morgan fingerprint density at radius 3 is 2.39 bits per heavy atom. The van der Waals surface area contributed by atoms with Crippen LogP contribution in [0.15, 0.2) is 30.5 Å². The molecular formula is C16H19N5O7. The van der Waals surface area contributed by atoms with Crippen LogP contribution < -0.4 is 5.32 Å². The largest absolute Gasteiger partial charge is 0.394 e. The van der Waals surface area contributed by atoms with Gasteiger partial charge in [-0.1, -0.05) is 0 Å². The van der Waals surface area contributed by atoms with Gasteiger partial charge in [0.15, 0.2) is 0 Å². The predicted octanol–water partition coefficient (Wildman–Crippen LogP) is 0.609. The molecule has 2 rings (SSSR count). The van der Waals surface area contributed by atoms with Gasteiger partial charge in [0.05, 0.1) is 22.5 Å². The number of nitro groups is 2. The van der Waals surface area contributed by atoms with Gasteiger partial charge in [-0.3, -0.25) is 29.7 Å².